The lowest BCUT2D eigenvalue weighted by molar-refractivity contribution is -0.140. The summed E-state index contributed by atoms with van der Waals surface area (Å²) >= 11 is 0. The Morgan fingerprint density at radius 2 is 2.05 bits per heavy atom. The van der Waals surface area contributed by atoms with Crippen LogP contribution in [-0.2, 0) is 10.9 Å². The molecule has 108 valence electrons. The van der Waals surface area contributed by atoms with Gasteiger partial charge in [0.2, 0.25) is 0 Å². The van der Waals surface area contributed by atoms with Crippen LogP contribution in [0.3, 0.4) is 0 Å². The van der Waals surface area contributed by atoms with Crippen LogP contribution < -0.4 is 5.32 Å². The number of ether oxygens (including phenoxy) is 1. The topological polar surface area (TPSA) is 41.5 Å². The van der Waals surface area contributed by atoms with Gasteiger partial charge in [-0.3, -0.25) is 0 Å². The van der Waals surface area contributed by atoms with Crippen molar-refractivity contribution in [3.8, 4) is 0 Å². The molecule has 3 nitrogen and oxygen atoms in total. The molecule has 0 spiro atoms. The fourth-order valence-corrected chi connectivity index (χ4v) is 1.60. The minimum atomic E-state index is -4.76. The summed E-state index contributed by atoms with van der Waals surface area (Å²) in [6.45, 7) is 0.316. The molecule has 0 bridgehead atoms. The van der Waals surface area contributed by atoms with Gasteiger partial charge < -0.3 is 15.2 Å². The first-order valence-corrected chi connectivity index (χ1v) is 5.60. The van der Waals surface area contributed by atoms with Gasteiger partial charge in [-0.05, 0) is 17.7 Å². The van der Waals surface area contributed by atoms with E-state index in [1.807, 2.05) is 0 Å². The molecule has 2 N–H and O–H groups in total. The first kappa shape index (κ1) is 15.9. The molecular formula is C12H15F4NO2. The maximum absolute atomic E-state index is 13.1. The number of aliphatic hydroxyl groups excluding tert-OH is 1. The molecule has 1 unspecified atom stereocenters. The Kier molecular flexibility index (Phi) is 5.71. The van der Waals surface area contributed by atoms with Gasteiger partial charge in [-0.15, -0.1) is 0 Å². The fourth-order valence-electron chi connectivity index (χ4n) is 1.60. The highest BCUT2D eigenvalue weighted by Gasteiger charge is 2.34. The minimum absolute atomic E-state index is 0.173. The SMILES string of the molecule is COCCNC(CO)c1ccc(F)c(C(F)(F)F)c1. The molecule has 7 heteroatoms. The van der Waals surface area contributed by atoms with Gasteiger partial charge in [0.25, 0.3) is 0 Å². The summed E-state index contributed by atoms with van der Waals surface area (Å²) in [5.74, 6) is -1.33. The Bertz CT molecular complexity index is 409. The number of hydrogen-bond acceptors (Lipinski definition) is 3. The van der Waals surface area contributed by atoms with Crippen LogP contribution in [-0.4, -0.2) is 32.0 Å². The van der Waals surface area contributed by atoms with Crippen molar-refractivity contribution in [3.63, 3.8) is 0 Å². The van der Waals surface area contributed by atoms with E-state index in [0.29, 0.717) is 19.2 Å². The molecule has 1 rings (SSSR count). The zero-order chi connectivity index (χ0) is 14.5. The third-order valence-corrected chi connectivity index (χ3v) is 2.58. The molecular weight excluding hydrogens is 266 g/mol. The molecule has 0 aliphatic carbocycles. The van der Waals surface area contributed by atoms with E-state index in [0.717, 1.165) is 6.07 Å². The van der Waals surface area contributed by atoms with Crippen LogP contribution in [0.2, 0.25) is 0 Å². The molecule has 0 fully saturated rings. The van der Waals surface area contributed by atoms with Crippen molar-refractivity contribution in [3.05, 3.63) is 35.1 Å². The smallest absolute Gasteiger partial charge is 0.394 e. The van der Waals surface area contributed by atoms with Crippen molar-refractivity contribution in [2.45, 2.75) is 12.2 Å². The predicted octanol–water partition coefficient (Wildman–Crippen LogP) is 2.11. The van der Waals surface area contributed by atoms with Crippen LogP contribution in [0.15, 0.2) is 18.2 Å². The highest BCUT2D eigenvalue weighted by Crippen LogP contribution is 2.32. The molecule has 0 saturated heterocycles. The first-order chi connectivity index (χ1) is 8.90. The molecule has 0 radical (unpaired) electrons. The summed E-state index contributed by atoms with van der Waals surface area (Å²) in [5, 5.41) is 12.0. The van der Waals surface area contributed by atoms with Crippen LogP contribution >= 0.6 is 0 Å². The number of alkyl halides is 3. The average Bonchev–Trinajstić information content (AvgIpc) is 2.34. The molecule has 0 aliphatic heterocycles. The lowest BCUT2D eigenvalue weighted by Crippen LogP contribution is -2.28. The van der Waals surface area contributed by atoms with E-state index >= 15 is 0 Å². The third-order valence-electron chi connectivity index (χ3n) is 2.58. The molecule has 0 aliphatic rings. The number of halogens is 4. The second-order valence-corrected chi connectivity index (χ2v) is 3.92. The molecule has 1 aromatic rings. The fraction of sp³-hybridized carbons (Fsp3) is 0.500. The molecule has 0 aromatic heterocycles. The van der Waals surface area contributed by atoms with Crippen molar-refractivity contribution >= 4 is 0 Å². The van der Waals surface area contributed by atoms with E-state index in [9.17, 15) is 17.6 Å². The summed E-state index contributed by atoms with van der Waals surface area (Å²) in [7, 11) is 1.48. The van der Waals surface area contributed by atoms with Gasteiger partial charge in [-0.2, -0.15) is 13.2 Å². The second-order valence-electron chi connectivity index (χ2n) is 3.92. The van der Waals surface area contributed by atoms with E-state index < -0.39 is 30.2 Å². The van der Waals surface area contributed by atoms with E-state index in [-0.39, 0.29) is 5.56 Å². The van der Waals surface area contributed by atoms with Gasteiger partial charge in [-0.1, -0.05) is 6.07 Å². The molecule has 0 saturated carbocycles. The Morgan fingerprint density at radius 3 is 2.58 bits per heavy atom. The Balaban J connectivity index is 2.93. The second kappa shape index (κ2) is 6.83. The highest BCUT2D eigenvalue weighted by molar-refractivity contribution is 5.29. The number of benzene rings is 1. The maximum atomic E-state index is 13.1. The van der Waals surface area contributed by atoms with E-state index in [2.05, 4.69) is 5.32 Å². The van der Waals surface area contributed by atoms with Crippen molar-refractivity contribution in [1.29, 1.82) is 0 Å². The number of rotatable bonds is 6. The summed E-state index contributed by atoms with van der Waals surface area (Å²) in [4.78, 5) is 0. The minimum Gasteiger partial charge on any atom is -0.394 e. The zero-order valence-corrected chi connectivity index (χ0v) is 10.3. The van der Waals surface area contributed by atoms with Crippen LogP contribution in [0.5, 0.6) is 0 Å². The predicted molar refractivity (Wildman–Crippen MR) is 61.1 cm³/mol. The number of methoxy groups -OCH3 is 1. The van der Waals surface area contributed by atoms with Gasteiger partial charge in [0.15, 0.2) is 0 Å². The van der Waals surface area contributed by atoms with E-state index in [4.69, 9.17) is 9.84 Å². The molecule has 0 amide bonds. The van der Waals surface area contributed by atoms with Crippen molar-refractivity contribution in [2.24, 2.45) is 0 Å². The Hall–Kier alpha value is -1.18. The Labute approximate surface area is 108 Å². The van der Waals surface area contributed by atoms with Crippen LogP contribution in [0.1, 0.15) is 17.2 Å². The lowest BCUT2D eigenvalue weighted by Gasteiger charge is -2.18. The van der Waals surface area contributed by atoms with Gasteiger partial charge in [0.05, 0.1) is 24.8 Å². The normalized spacial score (nSPS) is 13.6. The summed E-state index contributed by atoms with van der Waals surface area (Å²) in [6.07, 6.45) is -4.76. The van der Waals surface area contributed by atoms with E-state index in [1.165, 1.54) is 13.2 Å². The summed E-state index contributed by atoms with van der Waals surface area (Å²) < 4.78 is 55.6. The number of hydrogen-bond donors (Lipinski definition) is 2. The molecule has 1 atom stereocenters. The highest BCUT2D eigenvalue weighted by atomic mass is 19.4. The first-order valence-electron chi connectivity index (χ1n) is 5.60. The quantitative estimate of drug-likeness (QED) is 0.620. The third kappa shape index (κ3) is 4.45. The average molecular weight is 281 g/mol. The van der Waals surface area contributed by atoms with Gasteiger partial charge in [0.1, 0.15) is 5.82 Å². The molecule has 1 aromatic carbocycles. The Morgan fingerprint density at radius 1 is 1.37 bits per heavy atom. The summed E-state index contributed by atoms with van der Waals surface area (Å²) in [6, 6.07) is 1.97. The van der Waals surface area contributed by atoms with Gasteiger partial charge >= 0.3 is 6.18 Å². The summed E-state index contributed by atoms with van der Waals surface area (Å²) in [5.41, 5.74) is -1.16. The number of aliphatic hydroxyl groups is 1. The van der Waals surface area contributed by atoms with E-state index in [1.54, 1.807) is 0 Å². The van der Waals surface area contributed by atoms with Crippen molar-refractivity contribution < 1.29 is 27.4 Å². The van der Waals surface area contributed by atoms with Crippen LogP contribution in [0, 0.1) is 5.82 Å². The largest absolute Gasteiger partial charge is 0.419 e. The number of nitrogens with one attached hydrogen (secondary N) is 1. The monoisotopic (exact) mass is 281 g/mol. The lowest BCUT2D eigenvalue weighted by atomic mass is 10.0. The zero-order valence-electron chi connectivity index (χ0n) is 10.3. The van der Waals surface area contributed by atoms with Crippen molar-refractivity contribution in [2.75, 3.05) is 26.9 Å². The molecule has 19 heavy (non-hydrogen) atoms. The maximum Gasteiger partial charge on any atom is 0.419 e. The standard InChI is InChI=1S/C12H15F4NO2/c1-19-5-4-17-11(7-18)8-2-3-10(13)9(6-8)12(14,15)16/h2-3,6,11,17-18H,4-5,7H2,1H3. The van der Waals surface area contributed by atoms with Gasteiger partial charge in [-0.25, -0.2) is 4.39 Å². The van der Waals surface area contributed by atoms with Crippen LogP contribution in [0.4, 0.5) is 17.6 Å². The van der Waals surface area contributed by atoms with Crippen molar-refractivity contribution in [1.82, 2.24) is 5.32 Å². The van der Waals surface area contributed by atoms with Gasteiger partial charge in [0, 0.05) is 13.7 Å². The molecule has 0 heterocycles. The van der Waals surface area contributed by atoms with Crippen LogP contribution in [0.25, 0.3) is 0 Å².